The van der Waals surface area contributed by atoms with Gasteiger partial charge >= 0.3 is 0 Å². The van der Waals surface area contributed by atoms with E-state index in [1.807, 2.05) is 0 Å². The highest BCUT2D eigenvalue weighted by atomic mass is 127. The summed E-state index contributed by atoms with van der Waals surface area (Å²) in [6.07, 6.45) is 3.22. The lowest BCUT2D eigenvalue weighted by molar-refractivity contribution is 0.131. The molecule has 0 aromatic heterocycles. The molecular formula is C19H36IOP. The van der Waals surface area contributed by atoms with E-state index in [-0.39, 0.29) is 16.2 Å². The minimum Gasteiger partial charge on any atom is -0.351 e. The minimum atomic E-state index is 0.0925. The van der Waals surface area contributed by atoms with Crippen molar-refractivity contribution >= 4 is 28.5 Å². The molecule has 3 heteroatoms. The molecule has 0 fully saturated rings. The summed E-state index contributed by atoms with van der Waals surface area (Å²) in [7, 11) is 0. The zero-order chi connectivity index (χ0) is 17.7. The van der Waals surface area contributed by atoms with E-state index >= 15 is 0 Å². The van der Waals surface area contributed by atoms with E-state index < -0.39 is 0 Å². The first kappa shape index (κ1) is 22.7. The van der Waals surface area contributed by atoms with Gasteiger partial charge in [-0.1, -0.05) is 54.4 Å². The Bertz CT molecular complexity index is 394. The first-order chi connectivity index (χ1) is 9.68. The Kier molecular flexibility index (Phi) is 8.95. The fourth-order valence-electron chi connectivity index (χ4n) is 3.52. The highest BCUT2D eigenvalue weighted by molar-refractivity contribution is 14.2. The van der Waals surface area contributed by atoms with Crippen molar-refractivity contribution in [3.8, 4) is 11.8 Å². The van der Waals surface area contributed by atoms with Gasteiger partial charge in [0.25, 0.3) is 0 Å². The lowest BCUT2D eigenvalue weighted by atomic mass is 9.73. The molecule has 0 amide bonds. The molecule has 0 aromatic rings. The number of hydrogen-bond acceptors (Lipinski definition) is 1. The van der Waals surface area contributed by atoms with E-state index in [4.69, 9.17) is 4.52 Å². The van der Waals surface area contributed by atoms with Crippen LogP contribution >= 0.6 is 28.5 Å². The van der Waals surface area contributed by atoms with E-state index in [0.29, 0.717) is 11.9 Å². The second-order valence-corrected chi connectivity index (χ2v) is 11.7. The Morgan fingerprint density at radius 2 is 1.41 bits per heavy atom. The van der Waals surface area contributed by atoms with Crippen LogP contribution in [0.15, 0.2) is 0 Å². The van der Waals surface area contributed by atoms with Crippen molar-refractivity contribution in [1.29, 1.82) is 0 Å². The lowest BCUT2D eigenvalue weighted by Gasteiger charge is -2.33. The molecule has 0 aliphatic rings. The highest BCUT2D eigenvalue weighted by Gasteiger charge is 2.29. The molecule has 0 saturated heterocycles. The lowest BCUT2D eigenvalue weighted by Crippen LogP contribution is -2.26. The van der Waals surface area contributed by atoms with Crippen LogP contribution in [0.1, 0.15) is 81.6 Å². The van der Waals surface area contributed by atoms with Crippen LogP contribution in [-0.4, -0.2) is 6.61 Å². The second kappa shape index (κ2) is 8.68. The summed E-state index contributed by atoms with van der Waals surface area (Å²) in [5.41, 5.74) is 0.860. The van der Waals surface area contributed by atoms with Crippen molar-refractivity contribution < 1.29 is 4.52 Å². The van der Waals surface area contributed by atoms with Crippen LogP contribution in [0.3, 0.4) is 0 Å². The molecule has 0 bridgehead atoms. The van der Waals surface area contributed by atoms with Crippen LogP contribution in [0.25, 0.3) is 0 Å². The maximum absolute atomic E-state index is 5.64. The van der Waals surface area contributed by atoms with Crippen LogP contribution in [0.4, 0.5) is 0 Å². The molecular weight excluding hydrogens is 402 g/mol. The van der Waals surface area contributed by atoms with Crippen molar-refractivity contribution in [3.63, 3.8) is 0 Å². The van der Waals surface area contributed by atoms with Gasteiger partial charge in [0, 0.05) is 11.8 Å². The van der Waals surface area contributed by atoms with Gasteiger partial charge in [-0.15, -0.1) is 5.92 Å². The van der Waals surface area contributed by atoms with Crippen molar-refractivity contribution in [1.82, 2.24) is 0 Å². The molecule has 0 aromatic carbocycles. The summed E-state index contributed by atoms with van der Waals surface area (Å²) >= 11 is 2.29. The molecule has 0 heterocycles. The zero-order valence-electron chi connectivity index (χ0n) is 16.1. The van der Waals surface area contributed by atoms with Crippen LogP contribution in [0, 0.1) is 33.5 Å². The van der Waals surface area contributed by atoms with E-state index in [9.17, 15) is 0 Å². The van der Waals surface area contributed by atoms with Gasteiger partial charge in [-0.3, -0.25) is 0 Å². The van der Waals surface area contributed by atoms with Gasteiger partial charge in [0.15, 0.2) is 0 Å². The predicted molar refractivity (Wildman–Crippen MR) is 111 cm³/mol. The van der Waals surface area contributed by atoms with Crippen LogP contribution < -0.4 is 0 Å². The Morgan fingerprint density at radius 3 is 1.86 bits per heavy atom. The molecule has 22 heavy (non-hydrogen) atoms. The fourth-order valence-corrected chi connectivity index (χ4v) is 4.44. The average Bonchev–Trinajstić information content (AvgIpc) is 2.20. The Labute approximate surface area is 154 Å². The summed E-state index contributed by atoms with van der Waals surface area (Å²) in [5.74, 6) is 7.00. The van der Waals surface area contributed by atoms with Gasteiger partial charge in [0.05, 0.1) is 13.1 Å². The Hall–Kier alpha value is 0.680. The van der Waals surface area contributed by atoms with Gasteiger partial charge in [0.1, 0.15) is 0 Å². The molecule has 1 nitrogen and oxygen atoms in total. The number of hydrogen-bond donors (Lipinski definition) is 0. The Morgan fingerprint density at radius 1 is 0.864 bits per heavy atom. The Balaban J connectivity index is 4.65. The van der Waals surface area contributed by atoms with E-state index in [1.165, 1.54) is 0 Å². The largest absolute Gasteiger partial charge is 0.351 e. The normalized spacial score (nSPS) is 14.3. The average molecular weight is 438 g/mol. The maximum Gasteiger partial charge on any atom is 0.0793 e. The molecule has 0 rings (SSSR count). The van der Waals surface area contributed by atoms with Crippen LogP contribution in [0.5, 0.6) is 0 Å². The third-order valence-electron chi connectivity index (χ3n) is 3.44. The molecule has 0 N–H and O–H groups in total. The zero-order valence-corrected chi connectivity index (χ0v) is 19.3. The van der Waals surface area contributed by atoms with Crippen molar-refractivity contribution in [2.24, 2.45) is 21.7 Å². The molecule has 0 aliphatic heterocycles. The number of halogens is 1. The SMILES string of the molecule is CC(C)(C)CC(C)(C)C#CCC(C)(C)CC(C)(C)COPI. The molecule has 0 spiro atoms. The van der Waals surface area contributed by atoms with E-state index in [2.05, 4.69) is 96.2 Å². The monoisotopic (exact) mass is 438 g/mol. The minimum absolute atomic E-state index is 0.0925. The van der Waals surface area contributed by atoms with Gasteiger partial charge in [-0.2, -0.15) is 0 Å². The van der Waals surface area contributed by atoms with Gasteiger partial charge in [-0.05, 0) is 65.0 Å². The van der Waals surface area contributed by atoms with Gasteiger partial charge < -0.3 is 4.52 Å². The third-order valence-corrected chi connectivity index (χ3v) is 4.63. The summed E-state index contributed by atoms with van der Waals surface area (Å²) in [4.78, 5) is 0. The molecule has 1 unspecified atom stereocenters. The predicted octanol–water partition coefficient (Wildman–Crippen LogP) is 7.24. The topological polar surface area (TPSA) is 9.23 Å². The first-order valence-electron chi connectivity index (χ1n) is 8.16. The fraction of sp³-hybridized carbons (Fsp3) is 0.895. The van der Waals surface area contributed by atoms with Crippen molar-refractivity contribution in [2.75, 3.05) is 6.61 Å². The summed E-state index contributed by atoms with van der Waals surface area (Å²) < 4.78 is 5.64. The molecule has 0 aliphatic carbocycles. The molecule has 1 atom stereocenters. The van der Waals surface area contributed by atoms with E-state index in [0.717, 1.165) is 25.9 Å². The van der Waals surface area contributed by atoms with Gasteiger partial charge in [-0.25, -0.2) is 0 Å². The smallest absolute Gasteiger partial charge is 0.0793 e. The first-order valence-corrected chi connectivity index (χ1v) is 12.2. The summed E-state index contributed by atoms with van der Waals surface area (Å²) in [5, 5.41) is 0. The number of rotatable bonds is 7. The van der Waals surface area contributed by atoms with Crippen LogP contribution in [0.2, 0.25) is 0 Å². The van der Waals surface area contributed by atoms with Crippen molar-refractivity contribution in [2.45, 2.75) is 81.6 Å². The van der Waals surface area contributed by atoms with Crippen molar-refractivity contribution in [3.05, 3.63) is 0 Å². The second-order valence-electron chi connectivity index (χ2n) is 9.97. The molecule has 0 saturated carbocycles. The highest BCUT2D eigenvalue weighted by Crippen LogP contribution is 2.38. The van der Waals surface area contributed by atoms with E-state index in [1.54, 1.807) is 0 Å². The molecule has 0 radical (unpaired) electrons. The standard InChI is InChI=1S/C19H36IOP/c1-16(2,3)13-17(4,5)11-10-12-18(6,7)14-19(8,9)15-21-22-20/h22H,12-15H2,1-9H3. The maximum atomic E-state index is 5.64. The third kappa shape index (κ3) is 12.1. The van der Waals surface area contributed by atoms with Crippen LogP contribution in [-0.2, 0) is 4.52 Å². The summed E-state index contributed by atoms with van der Waals surface area (Å²) in [6, 6.07) is 0. The quantitative estimate of drug-likeness (QED) is 0.231. The molecule has 130 valence electrons. The summed E-state index contributed by atoms with van der Waals surface area (Å²) in [6.45, 7) is 22.0. The van der Waals surface area contributed by atoms with Gasteiger partial charge in [0.2, 0.25) is 0 Å².